The number of hydrogen-bond donors (Lipinski definition) is 1. The van der Waals surface area contributed by atoms with E-state index in [0.717, 1.165) is 5.56 Å². The summed E-state index contributed by atoms with van der Waals surface area (Å²) in [4.78, 5) is 37.3. The van der Waals surface area contributed by atoms with Crippen LogP contribution in [-0.4, -0.2) is 29.1 Å². The first-order chi connectivity index (χ1) is 18.3. The summed E-state index contributed by atoms with van der Waals surface area (Å²) in [7, 11) is 0. The summed E-state index contributed by atoms with van der Waals surface area (Å²) in [5.74, 6) is -3.57. The highest BCUT2D eigenvalue weighted by Gasteiger charge is 2.28. The molecule has 0 radical (unpaired) electrons. The molecule has 30 heavy (non-hydrogen) atoms. The number of fused-ring (bicyclic) bond motifs is 2. The fourth-order valence-electron chi connectivity index (χ4n) is 3.10. The number of nitrogens with zero attached hydrogens (tertiary/aromatic N) is 1. The number of imide groups is 1. The lowest BCUT2D eigenvalue weighted by Crippen LogP contribution is -2.31. The van der Waals surface area contributed by atoms with Crippen molar-refractivity contribution in [3.05, 3.63) is 71.3 Å². The van der Waals surface area contributed by atoms with Gasteiger partial charge in [0.2, 0.25) is 5.91 Å². The summed E-state index contributed by atoms with van der Waals surface area (Å²) < 4.78 is 88.4. The minimum Gasteiger partial charge on any atom is -0.457 e. The van der Waals surface area contributed by atoms with Crippen molar-refractivity contribution < 1.29 is 32.8 Å². The predicted molar refractivity (Wildman–Crippen MR) is 112 cm³/mol. The van der Waals surface area contributed by atoms with Gasteiger partial charge in [0.25, 0.3) is 11.8 Å². The van der Waals surface area contributed by atoms with Gasteiger partial charge in [-0.05, 0) is 37.4 Å². The first-order valence-corrected chi connectivity index (χ1v) is 9.03. The molecule has 154 valence electrons. The van der Waals surface area contributed by atoms with Crippen LogP contribution in [0.3, 0.4) is 0 Å². The molecular formula is C24H24N2O4. The highest BCUT2D eigenvalue weighted by atomic mass is 16.5. The number of aryl methyl sites for hydroxylation is 1. The molecule has 0 aromatic heterocycles. The third-order valence-corrected chi connectivity index (χ3v) is 4.48. The molecule has 1 N–H and O–H groups in total. The van der Waals surface area contributed by atoms with E-state index < -0.39 is 55.8 Å². The van der Waals surface area contributed by atoms with E-state index in [1.54, 1.807) is 49.4 Å². The van der Waals surface area contributed by atoms with E-state index in [2.05, 4.69) is 5.32 Å². The number of benzene rings is 2. The second-order valence-electron chi connectivity index (χ2n) is 6.54. The fraction of sp³-hybridized carbons (Fsp3) is 0.292. The Morgan fingerprint density at radius 2 is 1.77 bits per heavy atom. The Morgan fingerprint density at radius 1 is 1.03 bits per heavy atom. The summed E-state index contributed by atoms with van der Waals surface area (Å²) in [5, 5.41) is 2.38. The lowest BCUT2D eigenvalue weighted by Gasteiger charge is -2.29. The molecule has 4 rings (SSSR count). The molecule has 0 aliphatic carbocycles. The lowest BCUT2D eigenvalue weighted by molar-refractivity contribution is -0.137. The number of nitrogens with one attached hydrogen (secondary N) is 1. The summed E-state index contributed by atoms with van der Waals surface area (Å²) in [6, 6.07) is 10.5. The Morgan fingerprint density at radius 3 is 2.57 bits per heavy atom. The maximum atomic E-state index is 13.4. The van der Waals surface area contributed by atoms with Crippen LogP contribution in [0, 0.1) is 6.92 Å². The molecule has 2 aliphatic heterocycles. The summed E-state index contributed by atoms with van der Waals surface area (Å²) >= 11 is 0. The van der Waals surface area contributed by atoms with Crippen LogP contribution in [0.5, 0.6) is 11.5 Å². The number of amides is 3. The number of ether oxygens (including phenoxy) is 1. The Hall–Kier alpha value is -3.41. The molecule has 0 saturated carbocycles. The Kier molecular flexibility index (Phi) is 3.16. The van der Waals surface area contributed by atoms with Gasteiger partial charge in [-0.25, -0.2) is 0 Å². The molecule has 2 aromatic rings. The molecule has 3 amide bonds. The summed E-state index contributed by atoms with van der Waals surface area (Å²) in [5.41, 5.74) is 1.63. The number of carbonyl (C=O) groups excluding carboxylic acids is 3. The molecule has 6 heteroatoms. The van der Waals surface area contributed by atoms with Gasteiger partial charge < -0.3 is 10.1 Å². The van der Waals surface area contributed by atoms with Crippen molar-refractivity contribution >= 4 is 17.7 Å². The maximum Gasteiger partial charge on any atom is 0.253 e. The van der Waals surface area contributed by atoms with Gasteiger partial charge in [-0.15, -0.1) is 0 Å². The van der Waals surface area contributed by atoms with E-state index in [1.165, 1.54) is 0 Å². The maximum absolute atomic E-state index is 13.4. The van der Waals surface area contributed by atoms with Crippen LogP contribution in [0.2, 0.25) is 0 Å². The van der Waals surface area contributed by atoms with Crippen molar-refractivity contribution in [1.82, 2.24) is 10.2 Å². The average Bonchev–Trinajstić information content (AvgIpc) is 3.21. The smallest absolute Gasteiger partial charge is 0.253 e. The number of para-hydroxylation sites is 1. The van der Waals surface area contributed by atoms with Gasteiger partial charge in [0.05, 0.1) is 6.04 Å². The first-order valence-electron chi connectivity index (χ1n) is 14.0. The third kappa shape index (κ3) is 4.13. The zero-order valence-electron chi connectivity index (χ0n) is 25.9. The molecule has 2 heterocycles. The quantitative estimate of drug-likeness (QED) is 0.700. The molecule has 1 atom stereocenters. The van der Waals surface area contributed by atoms with Crippen LogP contribution in [0.15, 0.2) is 54.6 Å². The largest absolute Gasteiger partial charge is 0.457 e. The van der Waals surface area contributed by atoms with Gasteiger partial charge in [-0.3, -0.25) is 19.3 Å². The van der Waals surface area contributed by atoms with Crippen LogP contribution in [-0.2, 0) is 14.4 Å². The van der Waals surface area contributed by atoms with Crippen molar-refractivity contribution in [2.45, 2.75) is 38.5 Å². The average molecular weight is 415 g/mol. The molecule has 2 aliphatic rings. The van der Waals surface area contributed by atoms with Gasteiger partial charge in [-0.1, -0.05) is 36.7 Å². The highest BCUT2D eigenvalue weighted by Crippen LogP contribution is 2.43. The Bertz CT molecular complexity index is 1420. The predicted octanol–water partition coefficient (Wildman–Crippen LogP) is 3.79. The van der Waals surface area contributed by atoms with Gasteiger partial charge in [0.1, 0.15) is 11.5 Å². The summed E-state index contributed by atoms with van der Waals surface area (Å²) in [6.45, 7) is -1.97. The van der Waals surface area contributed by atoms with E-state index in [1.807, 2.05) is 0 Å². The lowest BCUT2D eigenvalue weighted by atomic mass is 9.93. The van der Waals surface area contributed by atoms with Crippen LogP contribution < -0.4 is 10.1 Å². The number of carbonyl (C=O) groups is 3. The topological polar surface area (TPSA) is 75.7 Å². The van der Waals surface area contributed by atoms with Gasteiger partial charge in [0, 0.05) is 49.9 Å². The van der Waals surface area contributed by atoms with Crippen LogP contribution in [0.25, 0.3) is 0 Å². The number of rotatable bonds is 7. The Balaban J connectivity index is 1.71. The second-order valence-corrected chi connectivity index (χ2v) is 6.54. The second kappa shape index (κ2) is 8.53. The first kappa shape index (κ1) is 11.1. The van der Waals surface area contributed by atoms with Crippen molar-refractivity contribution in [3.8, 4) is 11.5 Å². The minimum absolute atomic E-state index is 0.214. The van der Waals surface area contributed by atoms with Crippen LogP contribution in [0.4, 0.5) is 0 Å². The monoisotopic (exact) mass is 414 g/mol. The molecule has 0 spiro atoms. The molecular weight excluding hydrogens is 380 g/mol. The fourth-order valence-corrected chi connectivity index (χ4v) is 3.10. The van der Waals surface area contributed by atoms with Crippen molar-refractivity contribution in [2.75, 3.05) is 6.50 Å². The van der Waals surface area contributed by atoms with E-state index in [0.29, 0.717) is 34.8 Å². The SMILES string of the molecule is [2H]C([2H])(C(=O)NC1c2ccccc2Oc2cc(C)ccc21)C([2H])([2H])C([2H])([2H])C([2H])([2H])C([2H])([2H])N1C(=O)C=CC1=O. The zero-order valence-corrected chi connectivity index (χ0v) is 15.9. The van der Waals surface area contributed by atoms with Gasteiger partial charge >= 0.3 is 0 Å². The van der Waals surface area contributed by atoms with Crippen LogP contribution >= 0.6 is 0 Å². The van der Waals surface area contributed by atoms with Crippen molar-refractivity contribution in [1.29, 1.82) is 0 Å². The minimum atomic E-state index is -4.11. The van der Waals surface area contributed by atoms with Gasteiger partial charge in [-0.2, -0.15) is 0 Å². The van der Waals surface area contributed by atoms with E-state index in [4.69, 9.17) is 18.4 Å². The molecule has 0 saturated heterocycles. The zero-order chi connectivity index (χ0) is 30.1. The third-order valence-electron chi connectivity index (χ3n) is 4.48. The van der Waals surface area contributed by atoms with E-state index in [-0.39, 0.29) is 4.90 Å². The number of hydrogen-bond acceptors (Lipinski definition) is 4. The molecule has 6 nitrogen and oxygen atoms in total. The van der Waals surface area contributed by atoms with Crippen LogP contribution in [0.1, 0.15) is 61.9 Å². The Labute approximate surface area is 189 Å². The van der Waals surface area contributed by atoms with Crippen molar-refractivity contribution in [3.63, 3.8) is 0 Å². The molecule has 2 aromatic carbocycles. The summed E-state index contributed by atoms with van der Waals surface area (Å²) in [6.07, 6.45) is -14.7. The highest BCUT2D eigenvalue weighted by molar-refractivity contribution is 6.12. The molecule has 1 unspecified atom stereocenters. The van der Waals surface area contributed by atoms with Gasteiger partial charge in [0.15, 0.2) is 0 Å². The van der Waals surface area contributed by atoms with Crippen molar-refractivity contribution in [2.24, 2.45) is 0 Å². The standard InChI is InChI=1S/C24H24N2O4/c1-16-10-11-18-20(15-16)30-19-8-5-4-7-17(19)24(18)25-21(27)9-3-2-6-14-26-22(28)12-13-23(26)29/h4-5,7-8,10-13,15,24H,2-3,6,9,14H2,1H3,(H,25,27)/i2D2,3D2,6D2,9D2,14D2. The molecule has 0 fully saturated rings. The molecule has 0 bridgehead atoms. The van der Waals surface area contributed by atoms with E-state index in [9.17, 15) is 14.4 Å². The van der Waals surface area contributed by atoms with E-state index >= 15 is 0 Å². The normalized spacial score (nSPS) is 24.2.